The zero-order valence-corrected chi connectivity index (χ0v) is 9.93. The van der Waals surface area contributed by atoms with Gasteiger partial charge in [-0.2, -0.15) is 0 Å². The Balaban J connectivity index is 1.90. The molecule has 2 aromatic rings. The standard InChI is InChI=1S/C14H12O4/c1-9-4-13-14(17-8-16-13)6-10(9)5-11-2-3-12(7-15)18-11/h2-4,6-7H,5,8H2,1H3. The van der Waals surface area contributed by atoms with Crippen molar-refractivity contribution in [3.63, 3.8) is 0 Å². The molecule has 0 radical (unpaired) electrons. The minimum absolute atomic E-state index is 0.272. The first-order chi connectivity index (χ1) is 8.76. The second-order valence-corrected chi connectivity index (χ2v) is 4.23. The first-order valence-electron chi connectivity index (χ1n) is 5.69. The minimum atomic E-state index is 0.272. The molecule has 0 amide bonds. The summed E-state index contributed by atoms with van der Waals surface area (Å²) in [5.74, 6) is 2.66. The highest BCUT2D eigenvalue weighted by Gasteiger charge is 2.16. The van der Waals surface area contributed by atoms with Gasteiger partial charge >= 0.3 is 0 Å². The maximum atomic E-state index is 10.6. The van der Waals surface area contributed by atoms with Crippen molar-refractivity contribution in [3.05, 3.63) is 46.9 Å². The summed E-state index contributed by atoms with van der Waals surface area (Å²) in [6, 6.07) is 7.40. The predicted molar refractivity (Wildman–Crippen MR) is 64.2 cm³/mol. The van der Waals surface area contributed by atoms with Crippen LogP contribution in [0.3, 0.4) is 0 Å². The molecule has 0 aliphatic carbocycles. The number of fused-ring (bicyclic) bond motifs is 1. The topological polar surface area (TPSA) is 48.7 Å². The highest BCUT2D eigenvalue weighted by atomic mass is 16.7. The molecule has 0 bridgehead atoms. The Morgan fingerprint density at radius 3 is 2.72 bits per heavy atom. The molecule has 0 atom stereocenters. The fourth-order valence-electron chi connectivity index (χ4n) is 2.02. The van der Waals surface area contributed by atoms with Gasteiger partial charge in [0.2, 0.25) is 6.79 Å². The molecule has 1 aromatic heterocycles. The Labute approximate surface area is 104 Å². The summed E-state index contributed by atoms with van der Waals surface area (Å²) in [6.07, 6.45) is 1.34. The molecule has 0 fully saturated rings. The lowest BCUT2D eigenvalue weighted by molar-refractivity contribution is 0.109. The number of hydrogen-bond acceptors (Lipinski definition) is 4. The lowest BCUT2D eigenvalue weighted by atomic mass is 10.0. The molecule has 92 valence electrons. The maximum absolute atomic E-state index is 10.6. The Morgan fingerprint density at radius 1 is 1.22 bits per heavy atom. The molecule has 0 spiro atoms. The number of carbonyl (C=O) groups is 1. The van der Waals surface area contributed by atoms with Crippen molar-refractivity contribution in [3.8, 4) is 11.5 Å². The van der Waals surface area contributed by atoms with E-state index in [1.165, 1.54) is 0 Å². The average Bonchev–Trinajstić information content (AvgIpc) is 2.98. The molecule has 4 nitrogen and oxygen atoms in total. The van der Waals surface area contributed by atoms with Crippen molar-refractivity contribution < 1.29 is 18.7 Å². The molecule has 0 N–H and O–H groups in total. The van der Waals surface area contributed by atoms with Crippen molar-refractivity contribution in [2.75, 3.05) is 6.79 Å². The van der Waals surface area contributed by atoms with Crippen LogP contribution in [0.4, 0.5) is 0 Å². The van der Waals surface area contributed by atoms with Gasteiger partial charge in [0.15, 0.2) is 23.5 Å². The van der Waals surface area contributed by atoms with E-state index in [1.807, 2.05) is 25.1 Å². The molecule has 1 aromatic carbocycles. The van der Waals surface area contributed by atoms with Crippen molar-refractivity contribution >= 4 is 6.29 Å². The summed E-state index contributed by atoms with van der Waals surface area (Å²) >= 11 is 0. The van der Waals surface area contributed by atoms with Crippen LogP contribution in [0.25, 0.3) is 0 Å². The first kappa shape index (κ1) is 10.9. The third-order valence-corrected chi connectivity index (χ3v) is 2.99. The van der Waals surface area contributed by atoms with Gasteiger partial charge in [-0.3, -0.25) is 4.79 Å². The molecule has 2 heterocycles. The SMILES string of the molecule is Cc1cc2c(cc1Cc1ccc(C=O)o1)OCO2. The van der Waals surface area contributed by atoms with Crippen molar-refractivity contribution in [1.29, 1.82) is 0 Å². The molecule has 18 heavy (non-hydrogen) atoms. The Bertz CT molecular complexity index is 598. The van der Waals surface area contributed by atoms with Crippen LogP contribution in [0, 0.1) is 6.92 Å². The Hall–Kier alpha value is -2.23. The number of benzene rings is 1. The van der Waals surface area contributed by atoms with Crippen molar-refractivity contribution in [2.24, 2.45) is 0 Å². The van der Waals surface area contributed by atoms with Crippen LogP contribution in [0.15, 0.2) is 28.7 Å². The summed E-state index contributed by atoms with van der Waals surface area (Å²) in [5, 5.41) is 0. The largest absolute Gasteiger partial charge is 0.458 e. The maximum Gasteiger partial charge on any atom is 0.231 e. The first-order valence-corrected chi connectivity index (χ1v) is 5.69. The van der Waals surface area contributed by atoms with Gasteiger partial charge in [0.05, 0.1) is 0 Å². The molecule has 0 unspecified atom stereocenters. The second-order valence-electron chi connectivity index (χ2n) is 4.23. The summed E-state index contributed by atoms with van der Waals surface area (Å²) in [5.41, 5.74) is 2.22. The van der Waals surface area contributed by atoms with Gasteiger partial charge in [-0.05, 0) is 42.3 Å². The number of rotatable bonds is 3. The molecule has 1 aliphatic rings. The van der Waals surface area contributed by atoms with Gasteiger partial charge in [0.25, 0.3) is 0 Å². The molecular formula is C14H12O4. The van der Waals surface area contributed by atoms with Crippen molar-refractivity contribution in [1.82, 2.24) is 0 Å². The van der Waals surface area contributed by atoms with Crippen LogP contribution >= 0.6 is 0 Å². The molecule has 4 heteroatoms. The number of aldehydes is 1. The normalized spacial score (nSPS) is 12.7. The van der Waals surface area contributed by atoms with Crippen LogP contribution in [-0.2, 0) is 6.42 Å². The fraction of sp³-hybridized carbons (Fsp3) is 0.214. The van der Waals surface area contributed by atoms with Crippen LogP contribution in [0.2, 0.25) is 0 Å². The number of furan rings is 1. The van der Waals surface area contributed by atoms with Crippen LogP contribution < -0.4 is 9.47 Å². The van der Waals surface area contributed by atoms with Gasteiger partial charge in [-0.1, -0.05) is 0 Å². The summed E-state index contributed by atoms with van der Waals surface area (Å²) in [6.45, 7) is 2.29. The van der Waals surface area contributed by atoms with Gasteiger partial charge in [-0.15, -0.1) is 0 Å². The Kier molecular flexibility index (Phi) is 2.55. The van der Waals surface area contributed by atoms with Gasteiger partial charge < -0.3 is 13.9 Å². The van der Waals surface area contributed by atoms with E-state index in [2.05, 4.69) is 0 Å². The second kappa shape index (κ2) is 4.22. The molecule has 1 aliphatic heterocycles. The van der Waals surface area contributed by atoms with E-state index in [9.17, 15) is 4.79 Å². The predicted octanol–water partition coefficient (Wildman–Crippen LogP) is 2.72. The van der Waals surface area contributed by atoms with Crippen LogP contribution in [-0.4, -0.2) is 13.1 Å². The van der Waals surface area contributed by atoms with Crippen molar-refractivity contribution in [2.45, 2.75) is 13.3 Å². The van der Waals surface area contributed by atoms with E-state index < -0.39 is 0 Å². The molecular weight excluding hydrogens is 232 g/mol. The van der Waals surface area contributed by atoms with Crippen LogP contribution in [0.1, 0.15) is 27.4 Å². The lowest BCUT2D eigenvalue weighted by Crippen LogP contribution is -1.93. The smallest absolute Gasteiger partial charge is 0.231 e. The molecule has 0 saturated carbocycles. The molecule has 0 saturated heterocycles. The molecule has 3 rings (SSSR count). The van der Waals surface area contributed by atoms with E-state index in [0.29, 0.717) is 18.5 Å². The van der Waals surface area contributed by atoms with Gasteiger partial charge in [0, 0.05) is 6.42 Å². The summed E-state index contributed by atoms with van der Waals surface area (Å²) in [7, 11) is 0. The average molecular weight is 244 g/mol. The monoisotopic (exact) mass is 244 g/mol. The number of ether oxygens (including phenoxy) is 2. The zero-order valence-electron chi connectivity index (χ0n) is 9.93. The zero-order chi connectivity index (χ0) is 12.5. The van der Waals surface area contributed by atoms with E-state index in [0.717, 1.165) is 28.4 Å². The Morgan fingerprint density at radius 2 is 2.00 bits per heavy atom. The number of aryl methyl sites for hydroxylation is 1. The van der Waals surface area contributed by atoms with E-state index in [4.69, 9.17) is 13.9 Å². The van der Waals surface area contributed by atoms with Crippen LogP contribution in [0.5, 0.6) is 11.5 Å². The quantitative estimate of drug-likeness (QED) is 0.779. The third kappa shape index (κ3) is 1.86. The van der Waals surface area contributed by atoms with E-state index >= 15 is 0 Å². The van der Waals surface area contributed by atoms with E-state index in [1.54, 1.807) is 6.07 Å². The van der Waals surface area contributed by atoms with Gasteiger partial charge in [0.1, 0.15) is 5.76 Å². The highest BCUT2D eigenvalue weighted by Crippen LogP contribution is 2.35. The van der Waals surface area contributed by atoms with E-state index in [-0.39, 0.29) is 6.79 Å². The summed E-state index contributed by atoms with van der Waals surface area (Å²) in [4.78, 5) is 10.6. The minimum Gasteiger partial charge on any atom is -0.458 e. The fourth-order valence-corrected chi connectivity index (χ4v) is 2.02. The highest BCUT2D eigenvalue weighted by molar-refractivity contribution is 5.70. The number of carbonyl (C=O) groups excluding carboxylic acids is 1. The van der Waals surface area contributed by atoms with Gasteiger partial charge in [-0.25, -0.2) is 0 Å². The lowest BCUT2D eigenvalue weighted by Gasteiger charge is -2.05. The summed E-state index contributed by atoms with van der Waals surface area (Å²) < 4.78 is 16.0. The number of hydrogen-bond donors (Lipinski definition) is 0. The third-order valence-electron chi connectivity index (χ3n) is 2.99.